The topological polar surface area (TPSA) is 53.6 Å². The highest BCUT2D eigenvalue weighted by molar-refractivity contribution is 5.92. The van der Waals surface area contributed by atoms with Crippen LogP contribution in [0, 0.1) is 6.92 Å². The molecule has 0 radical (unpaired) electrons. The molecule has 0 spiro atoms. The minimum atomic E-state index is 0.457. The molecule has 0 saturated carbocycles. The molecule has 2 rings (SSSR count). The van der Waals surface area contributed by atoms with E-state index >= 15 is 0 Å². The molecule has 22 heavy (non-hydrogen) atoms. The van der Waals surface area contributed by atoms with Gasteiger partial charge in [-0.3, -0.25) is 4.99 Å². The molecule has 0 heterocycles. The molecule has 116 valence electrons. The second kappa shape index (κ2) is 8.20. The maximum absolute atomic E-state index is 5.91. The zero-order valence-corrected chi connectivity index (χ0v) is 13.3. The maximum atomic E-state index is 5.91. The first-order chi connectivity index (χ1) is 10.6. The van der Waals surface area contributed by atoms with E-state index in [0.717, 1.165) is 18.8 Å². The molecule has 0 aromatic heterocycles. The van der Waals surface area contributed by atoms with E-state index in [9.17, 15) is 0 Å². The number of nitrogens with two attached hydrogens (primary N) is 1. The Morgan fingerprint density at radius 2 is 1.91 bits per heavy atom. The van der Waals surface area contributed by atoms with Crippen molar-refractivity contribution in [2.24, 2.45) is 10.7 Å². The monoisotopic (exact) mass is 296 g/mol. The minimum Gasteiger partial charge on any atom is -0.370 e. The predicted octanol–water partition coefficient (Wildman–Crippen LogP) is 2.85. The van der Waals surface area contributed by atoms with Crippen molar-refractivity contribution in [3.05, 3.63) is 65.7 Å². The molecule has 0 saturated heterocycles. The van der Waals surface area contributed by atoms with Gasteiger partial charge in [0.1, 0.15) is 0 Å². The first-order valence-electron chi connectivity index (χ1n) is 7.49. The number of guanidine groups is 1. The van der Waals surface area contributed by atoms with Crippen LogP contribution >= 0.6 is 0 Å². The molecule has 0 aliphatic heterocycles. The zero-order chi connectivity index (χ0) is 15.8. The van der Waals surface area contributed by atoms with E-state index in [1.807, 2.05) is 24.3 Å². The second-order valence-electron chi connectivity index (χ2n) is 5.48. The molecule has 0 amide bonds. The number of nitrogens with one attached hydrogen (secondary N) is 1. The van der Waals surface area contributed by atoms with Gasteiger partial charge in [0.15, 0.2) is 5.96 Å². The molecular weight excluding hydrogens is 272 g/mol. The standard InChI is InChI=1S/C18H24N4/c1-15-7-6-10-17(13-15)21-18(19)20-11-12-22(2)14-16-8-4-3-5-9-16/h3-10,13H,11-12,14H2,1-2H3,(H3,19,20,21). The Bertz CT molecular complexity index is 607. The molecule has 2 aromatic rings. The number of anilines is 1. The Balaban J connectivity index is 1.76. The molecule has 0 aliphatic rings. The number of hydrogen-bond donors (Lipinski definition) is 2. The molecule has 0 bridgehead atoms. The molecule has 3 N–H and O–H groups in total. The summed E-state index contributed by atoms with van der Waals surface area (Å²) in [5.41, 5.74) is 9.39. The van der Waals surface area contributed by atoms with Crippen LogP contribution < -0.4 is 11.1 Å². The number of aryl methyl sites for hydroxylation is 1. The van der Waals surface area contributed by atoms with Crippen molar-refractivity contribution >= 4 is 11.6 Å². The maximum Gasteiger partial charge on any atom is 0.193 e. The average Bonchev–Trinajstić information content (AvgIpc) is 2.48. The highest BCUT2D eigenvalue weighted by atomic mass is 15.1. The van der Waals surface area contributed by atoms with E-state index < -0.39 is 0 Å². The van der Waals surface area contributed by atoms with Crippen molar-refractivity contribution < 1.29 is 0 Å². The molecule has 4 nitrogen and oxygen atoms in total. The van der Waals surface area contributed by atoms with Gasteiger partial charge in [-0.05, 0) is 37.2 Å². The number of nitrogens with zero attached hydrogens (tertiary/aromatic N) is 2. The van der Waals surface area contributed by atoms with Gasteiger partial charge in [-0.2, -0.15) is 0 Å². The summed E-state index contributed by atoms with van der Waals surface area (Å²) in [7, 11) is 2.09. The first-order valence-corrected chi connectivity index (χ1v) is 7.49. The van der Waals surface area contributed by atoms with Gasteiger partial charge in [-0.1, -0.05) is 42.5 Å². The fourth-order valence-electron chi connectivity index (χ4n) is 2.23. The summed E-state index contributed by atoms with van der Waals surface area (Å²) in [5.74, 6) is 0.457. The lowest BCUT2D eigenvalue weighted by molar-refractivity contribution is 0.336. The lowest BCUT2D eigenvalue weighted by Crippen LogP contribution is -2.26. The SMILES string of the molecule is Cc1cccc(NC(N)=NCCN(C)Cc2ccccc2)c1. The lowest BCUT2D eigenvalue weighted by atomic mass is 10.2. The van der Waals surface area contributed by atoms with E-state index in [1.54, 1.807) is 0 Å². The number of benzene rings is 2. The van der Waals surface area contributed by atoms with E-state index in [1.165, 1.54) is 11.1 Å². The Labute approximate surface area is 132 Å². The van der Waals surface area contributed by atoms with Crippen LogP contribution in [0.4, 0.5) is 5.69 Å². The third kappa shape index (κ3) is 5.58. The van der Waals surface area contributed by atoms with E-state index in [-0.39, 0.29) is 0 Å². The van der Waals surface area contributed by atoms with Gasteiger partial charge in [-0.25, -0.2) is 0 Å². The van der Waals surface area contributed by atoms with Crippen LogP contribution in [-0.4, -0.2) is 31.0 Å². The molecule has 0 fully saturated rings. The molecular formula is C18H24N4. The van der Waals surface area contributed by atoms with E-state index in [4.69, 9.17) is 5.73 Å². The van der Waals surface area contributed by atoms with Crippen LogP contribution in [0.5, 0.6) is 0 Å². The zero-order valence-electron chi connectivity index (χ0n) is 13.3. The summed E-state index contributed by atoms with van der Waals surface area (Å²) < 4.78 is 0. The highest BCUT2D eigenvalue weighted by Crippen LogP contribution is 2.08. The van der Waals surface area contributed by atoms with Gasteiger partial charge in [0.2, 0.25) is 0 Å². The number of aliphatic imine (C=N–C) groups is 1. The first kappa shape index (κ1) is 16.0. The number of hydrogen-bond acceptors (Lipinski definition) is 2. The van der Waals surface area contributed by atoms with E-state index in [2.05, 4.69) is 59.5 Å². The smallest absolute Gasteiger partial charge is 0.193 e. The lowest BCUT2D eigenvalue weighted by Gasteiger charge is -2.15. The van der Waals surface area contributed by atoms with Crippen LogP contribution in [-0.2, 0) is 6.54 Å². The van der Waals surface area contributed by atoms with Gasteiger partial charge < -0.3 is 16.0 Å². The molecule has 4 heteroatoms. The molecule has 2 aromatic carbocycles. The van der Waals surface area contributed by atoms with Crippen molar-refractivity contribution in [2.75, 3.05) is 25.5 Å². The summed E-state index contributed by atoms with van der Waals surface area (Å²) in [6.45, 7) is 4.51. The van der Waals surface area contributed by atoms with Crippen LogP contribution in [0.2, 0.25) is 0 Å². The van der Waals surface area contributed by atoms with Crippen LogP contribution in [0.25, 0.3) is 0 Å². The van der Waals surface area contributed by atoms with Crippen molar-refractivity contribution in [3.63, 3.8) is 0 Å². The summed E-state index contributed by atoms with van der Waals surface area (Å²) in [6, 6.07) is 18.5. The number of likely N-dealkylation sites (N-methyl/N-ethyl adjacent to an activating group) is 1. The molecule has 0 atom stereocenters. The summed E-state index contributed by atoms with van der Waals surface area (Å²) >= 11 is 0. The van der Waals surface area contributed by atoms with Crippen LogP contribution in [0.15, 0.2) is 59.6 Å². The Hall–Kier alpha value is -2.33. The minimum absolute atomic E-state index is 0.457. The largest absolute Gasteiger partial charge is 0.370 e. The van der Waals surface area contributed by atoms with Gasteiger partial charge >= 0.3 is 0 Å². The molecule has 0 unspecified atom stereocenters. The predicted molar refractivity (Wildman–Crippen MR) is 94.1 cm³/mol. The second-order valence-corrected chi connectivity index (χ2v) is 5.48. The quantitative estimate of drug-likeness (QED) is 0.636. The fraction of sp³-hybridized carbons (Fsp3) is 0.278. The van der Waals surface area contributed by atoms with Crippen LogP contribution in [0.3, 0.4) is 0 Å². The molecule has 0 aliphatic carbocycles. The number of rotatable bonds is 6. The van der Waals surface area contributed by atoms with Gasteiger partial charge in [0.05, 0.1) is 6.54 Å². The van der Waals surface area contributed by atoms with Crippen molar-refractivity contribution in [1.29, 1.82) is 0 Å². The Morgan fingerprint density at radius 3 is 2.64 bits per heavy atom. The highest BCUT2D eigenvalue weighted by Gasteiger charge is 2.00. The van der Waals surface area contributed by atoms with Crippen molar-refractivity contribution in [3.8, 4) is 0 Å². The summed E-state index contributed by atoms with van der Waals surface area (Å²) in [6.07, 6.45) is 0. The third-order valence-corrected chi connectivity index (χ3v) is 3.35. The Kier molecular flexibility index (Phi) is 5.98. The van der Waals surface area contributed by atoms with E-state index in [0.29, 0.717) is 12.5 Å². The summed E-state index contributed by atoms with van der Waals surface area (Å²) in [5, 5.41) is 3.12. The fourth-order valence-corrected chi connectivity index (χ4v) is 2.23. The Morgan fingerprint density at radius 1 is 1.14 bits per heavy atom. The van der Waals surface area contributed by atoms with Crippen LogP contribution in [0.1, 0.15) is 11.1 Å². The summed E-state index contributed by atoms with van der Waals surface area (Å²) in [4.78, 5) is 6.61. The third-order valence-electron chi connectivity index (χ3n) is 3.35. The average molecular weight is 296 g/mol. The van der Waals surface area contributed by atoms with Crippen molar-refractivity contribution in [2.45, 2.75) is 13.5 Å². The van der Waals surface area contributed by atoms with Gasteiger partial charge in [0, 0.05) is 18.8 Å². The van der Waals surface area contributed by atoms with Crippen molar-refractivity contribution in [1.82, 2.24) is 4.90 Å². The van der Waals surface area contributed by atoms with Gasteiger partial charge in [-0.15, -0.1) is 0 Å². The normalized spacial score (nSPS) is 11.7. The van der Waals surface area contributed by atoms with Gasteiger partial charge in [0.25, 0.3) is 0 Å².